The Balaban J connectivity index is 2.08. The van der Waals surface area contributed by atoms with Crippen LogP contribution in [0.25, 0.3) is 0 Å². The van der Waals surface area contributed by atoms with Crippen molar-refractivity contribution in [2.45, 2.75) is 6.42 Å². The summed E-state index contributed by atoms with van der Waals surface area (Å²) in [5, 5.41) is 12.1. The first kappa shape index (κ1) is 4.77. The van der Waals surface area contributed by atoms with Crippen LogP contribution in [-0.4, -0.2) is 24.8 Å². The average molecular weight is 113 g/mol. The molecule has 1 aliphatic heterocycles. The van der Waals surface area contributed by atoms with E-state index in [0.717, 1.165) is 19.0 Å². The largest absolute Gasteiger partial charge is 0.396 e. The van der Waals surface area contributed by atoms with E-state index in [1.807, 2.05) is 0 Å². The Bertz CT molecular complexity index is 111. The highest BCUT2D eigenvalue weighted by Crippen LogP contribution is 2.54. The van der Waals surface area contributed by atoms with Crippen LogP contribution in [0.2, 0.25) is 0 Å². The summed E-state index contributed by atoms with van der Waals surface area (Å²) in [7, 11) is 0. The van der Waals surface area contributed by atoms with Gasteiger partial charge in [-0.15, -0.1) is 0 Å². The quantitative estimate of drug-likeness (QED) is 0.484. The van der Waals surface area contributed by atoms with Gasteiger partial charge in [-0.3, -0.25) is 0 Å². The number of fused-ring (bicyclic) bond motifs is 1. The summed E-state index contributed by atoms with van der Waals surface area (Å²) in [6.45, 7) is 2.58. The van der Waals surface area contributed by atoms with Crippen LogP contribution in [0.5, 0.6) is 0 Å². The third-order valence-electron chi connectivity index (χ3n) is 2.54. The highest BCUT2D eigenvalue weighted by atomic mass is 16.3. The molecule has 2 rings (SSSR count). The Morgan fingerprint density at radius 1 is 1.75 bits per heavy atom. The Hall–Kier alpha value is -0.0800. The van der Waals surface area contributed by atoms with Gasteiger partial charge in [0.1, 0.15) is 0 Å². The van der Waals surface area contributed by atoms with Crippen LogP contribution < -0.4 is 5.32 Å². The zero-order valence-corrected chi connectivity index (χ0v) is 4.85. The molecule has 2 atom stereocenters. The molecule has 0 amide bonds. The maximum atomic E-state index is 8.83. The molecule has 1 aliphatic carbocycles. The summed E-state index contributed by atoms with van der Waals surface area (Å²) >= 11 is 0. The molecule has 0 radical (unpaired) electrons. The van der Waals surface area contributed by atoms with E-state index in [-0.39, 0.29) is 0 Å². The molecule has 2 heteroatoms. The van der Waals surface area contributed by atoms with Gasteiger partial charge in [0.2, 0.25) is 0 Å². The normalized spacial score (nSPS) is 51.4. The molecule has 0 bridgehead atoms. The third kappa shape index (κ3) is 0.400. The van der Waals surface area contributed by atoms with Crippen LogP contribution in [-0.2, 0) is 0 Å². The summed E-state index contributed by atoms with van der Waals surface area (Å²) in [4.78, 5) is 0. The van der Waals surface area contributed by atoms with E-state index in [0.29, 0.717) is 12.0 Å². The van der Waals surface area contributed by atoms with Gasteiger partial charge in [0, 0.05) is 12.0 Å². The second kappa shape index (κ2) is 1.25. The van der Waals surface area contributed by atoms with Gasteiger partial charge in [-0.2, -0.15) is 0 Å². The van der Waals surface area contributed by atoms with Gasteiger partial charge >= 0.3 is 0 Å². The van der Waals surface area contributed by atoms with Crippen molar-refractivity contribution >= 4 is 0 Å². The molecule has 2 fully saturated rings. The summed E-state index contributed by atoms with van der Waals surface area (Å²) in [5.74, 6) is 0.812. The fourth-order valence-electron chi connectivity index (χ4n) is 1.68. The Morgan fingerprint density at radius 2 is 2.62 bits per heavy atom. The molecule has 0 aromatic carbocycles. The van der Waals surface area contributed by atoms with E-state index < -0.39 is 0 Å². The minimum atomic E-state index is 0.347. The molecule has 2 unspecified atom stereocenters. The molecule has 0 aromatic rings. The molecule has 46 valence electrons. The smallest absolute Gasteiger partial charge is 0.0502 e. The first-order chi connectivity index (χ1) is 3.87. The minimum Gasteiger partial charge on any atom is -0.396 e. The lowest BCUT2D eigenvalue weighted by molar-refractivity contribution is 0.214. The number of hydrogen-bond donors (Lipinski definition) is 2. The Labute approximate surface area is 48.9 Å². The second-order valence-electron chi connectivity index (χ2n) is 3.05. The third-order valence-corrected chi connectivity index (χ3v) is 2.54. The lowest BCUT2D eigenvalue weighted by Crippen LogP contribution is -2.18. The molecule has 0 spiro atoms. The Kier molecular flexibility index (Phi) is 0.746. The molecule has 2 aliphatic rings. The zero-order valence-electron chi connectivity index (χ0n) is 4.85. The first-order valence-electron chi connectivity index (χ1n) is 3.19. The van der Waals surface area contributed by atoms with E-state index in [9.17, 15) is 0 Å². The molecule has 1 heterocycles. The molecule has 2 N–H and O–H groups in total. The van der Waals surface area contributed by atoms with Crippen LogP contribution in [0.15, 0.2) is 0 Å². The van der Waals surface area contributed by atoms with Gasteiger partial charge in [0.15, 0.2) is 0 Å². The fraction of sp³-hybridized carbons (Fsp3) is 1.00. The Morgan fingerprint density at radius 3 is 2.88 bits per heavy atom. The van der Waals surface area contributed by atoms with Gasteiger partial charge in [0.05, 0.1) is 6.61 Å². The molecular formula is C6H11NO. The summed E-state index contributed by atoms with van der Waals surface area (Å²) in [5.41, 5.74) is 0.347. The monoisotopic (exact) mass is 113 g/mol. The lowest BCUT2D eigenvalue weighted by atomic mass is 10.1. The summed E-state index contributed by atoms with van der Waals surface area (Å²) in [6, 6.07) is 0. The van der Waals surface area contributed by atoms with Crippen molar-refractivity contribution in [2.24, 2.45) is 11.3 Å². The molecule has 2 nitrogen and oxygen atoms in total. The molecule has 1 saturated heterocycles. The van der Waals surface area contributed by atoms with Gasteiger partial charge in [0.25, 0.3) is 0 Å². The number of aliphatic hydroxyl groups is 1. The number of piperidine rings is 1. The van der Waals surface area contributed by atoms with Gasteiger partial charge < -0.3 is 10.4 Å². The second-order valence-corrected chi connectivity index (χ2v) is 3.05. The zero-order chi connectivity index (χ0) is 5.61. The lowest BCUT2D eigenvalue weighted by Gasteiger charge is -2.03. The van der Waals surface area contributed by atoms with Crippen molar-refractivity contribution in [1.82, 2.24) is 5.32 Å². The van der Waals surface area contributed by atoms with Crippen LogP contribution in [0, 0.1) is 11.3 Å². The van der Waals surface area contributed by atoms with E-state index in [1.165, 1.54) is 6.42 Å². The van der Waals surface area contributed by atoms with Crippen LogP contribution in [0.3, 0.4) is 0 Å². The van der Waals surface area contributed by atoms with Crippen LogP contribution in [0.4, 0.5) is 0 Å². The average Bonchev–Trinajstić information content (AvgIpc) is 2.38. The first-order valence-corrected chi connectivity index (χ1v) is 3.19. The summed E-state index contributed by atoms with van der Waals surface area (Å²) in [6.07, 6.45) is 1.26. The van der Waals surface area contributed by atoms with Crippen molar-refractivity contribution in [2.75, 3.05) is 19.7 Å². The minimum absolute atomic E-state index is 0.347. The highest BCUT2D eigenvalue weighted by Gasteiger charge is 2.56. The van der Waals surface area contributed by atoms with Crippen molar-refractivity contribution in [3.05, 3.63) is 0 Å². The van der Waals surface area contributed by atoms with Crippen molar-refractivity contribution in [3.8, 4) is 0 Å². The van der Waals surface area contributed by atoms with E-state index >= 15 is 0 Å². The molecule has 0 aromatic heterocycles. The fourth-order valence-corrected chi connectivity index (χ4v) is 1.68. The predicted molar refractivity (Wildman–Crippen MR) is 30.5 cm³/mol. The van der Waals surface area contributed by atoms with Crippen molar-refractivity contribution in [1.29, 1.82) is 0 Å². The molecular weight excluding hydrogens is 102 g/mol. The van der Waals surface area contributed by atoms with E-state index in [1.54, 1.807) is 0 Å². The topological polar surface area (TPSA) is 32.3 Å². The maximum absolute atomic E-state index is 8.83. The van der Waals surface area contributed by atoms with Crippen LogP contribution in [0.1, 0.15) is 6.42 Å². The predicted octanol–water partition coefficient (Wildman–Crippen LogP) is -0.412. The molecule has 1 saturated carbocycles. The highest BCUT2D eigenvalue weighted by molar-refractivity contribution is 5.08. The summed E-state index contributed by atoms with van der Waals surface area (Å²) < 4.78 is 0. The number of hydrogen-bond acceptors (Lipinski definition) is 2. The SMILES string of the molecule is OCC12CNCC1C2. The number of nitrogens with one attached hydrogen (secondary N) is 1. The van der Waals surface area contributed by atoms with Gasteiger partial charge in [-0.25, -0.2) is 0 Å². The number of rotatable bonds is 1. The van der Waals surface area contributed by atoms with Gasteiger partial charge in [-0.1, -0.05) is 0 Å². The van der Waals surface area contributed by atoms with Crippen LogP contribution >= 0.6 is 0 Å². The van der Waals surface area contributed by atoms with E-state index in [4.69, 9.17) is 5.11 Å². The van der Waals surface area contributed by atoms with E-state index in [2.05, 4.69) is 5.32 Å². The maximum Gasteiger partial charge on any atom is 0.0502 e. The van der Waals surface area contributed by atoms with Crippen molar-refractivity contribution < 1.29 is 5.11 Å². The molecule has 8 heavy (non-hydrogen) atoms. The number of aliphatic hydroxyl groups excluding tert-OH is 1. The van der Waals surface area contributed by atoms with Crippen molar-refractivity contribution in [3.63, 3.8) is 0 Å². The standard InChI is InChI=1S/C6H11NO/c8-4-6-1-5(6)2-7-3-6/h5,7-8H,1-4H2. The van der Waals surface area contributed by atoms with Gasteiger partial charge in [-0.05, 0) is 18.9 Å².